The van der Waals surface area contributed by atoms with E-state index >= 15 is 0 Å². The number of halogens is 1. The van der Waals surface area contributed by atoms with Crippen LogP contribution in [0.3, 0.4) is 0 Å². The van der Waals surface area contributed by atoms with Crippen molar-refractivity contribution in [2.75, 3.05) is 17.7 Å². The minimum atomic E-state index is -0.388. The number of rotatable bonds is 6. The molecule has 0 aliphatic rings. The second kappa shape index (κ2) is 9.12. The number of hydrogen-bond donors (Lipinski definition) is 2. The van der Waals surface area contributed by atoms with Gasteiger partial charge < -0.3 is 15.4 Å². The van der Waals surface area contributed by atoms with E-state index in [-0.39, 0.29) is 11.8 Å². The van der Waals surface area contributed by atoms with Crippen LogP contribution in [0.25, 0.3) is 0 Å². The van der Waals surface area contributed by atoms with Crippen molar-refractivity contribution in [2.24, 2.45) is 0 Å². The molecule has 0 aliphatic carbocycles. The number of carbonyl (C=O) groups excluding carboxylic acids is 2. The molecule has 0 bridgehead atoms. The van der Waals surface area contributed by atoms with Gasteiger partial charge in [-0.25, -0.2) is 4.98 Å². The first kappa shape index (κ1) is 19.5. The van der Waals surface area contributed by atoms with Crippen LogP contribution in [0.2, 0.25) is 5.02 Å². The maximum absolute atomic E-state index is 12.6. The van der Waals surface area contributed by atoms with Gasteiger partial charge in [0, 0.05) is 18.9 Å². The van der Waals surface area contributed by atoms with Gasteiger partial charge in [0.25, 0.3) is 11.8 Å². The van der Waals surface area contributed by atoms with Crippen molar-refractivity contribution in [1.82, 2.24) is 4.98 Å². The standard InChI is InChI=1S/C21H18ClN3O3/c1-28-13-14-6-8-15(9-7-14)20(26)24-18-5-3-2-4-17(18)21(27)25-19-11-10-16(22)12-23-19/h2-12H,13H2,1H3,(H,24,26)(H,23,25,27). The highest BCUT2D eigenvalue weighted by Crippen LogP contribution is 2.19. The van der Waals surface area contributed by atoms with E-state index in [0.717, 1.165) is 5.56 Å². The van der Waals surface area contributed by atoms with Crippen molar-refractivity contribution in [1.29, 1.82) is 0 Å². The van der Waals surface area contributed by atoms with Crippen LogP contribution in [0, 0.1) is 0 Å². The van der Waals surface area contributed by atoms with Crippen molar-refractivity contribution in [3.63, 3.8) is 0 Å². The zero-order chi connectivity index (χ0) is 19.9. The van der Waals surface area contributed by atoms with Gasteiger partial charge >= 0.3 is 0 Å². The van der Waals surface area contributed by atoms with Crippen LogP contribution in [0.1, 0.15) is 26.3 Å². The van der Waals surface area contributed by atoms with Crippen molar-refractivity contribution < 1.29 is 14.3 Å². The van der Waals surface area contributed by atoms with Gasteiger partial charge in [0.05, 0.1) is 22.9 Å². The fourth-order valence-corrected chi connectivity index (χ4v) is 2.65. The molecule has 0 fully saturated rings. The third-order valence-corrected chi connectivity index (χ3v) is 4.14. The summed E-state index contributed by atoms with van der Waals surface area (Å²) in [5.74, 6) is -0.334. The lowest BCUT2D eigenvalue weighted by Crippen LogP contribution is -2.18. The third kappa shape index (κ3) is 4.94. The fraction of sp³-hybridized carbons (Fsp3) is 0.0952. The predicted octanol–water partition coefficient (Wildman–Crippen LogP) is 4.39. The Morgan fingerprint density at radius 2 is 1.71 bits per heavy atom. The summed E-state index contributed by atoms with van der Waals surface area (Å²) in [6.07, 6.45) is 1.44. The molecule has 3 aromatic rings. The Morgan fingerprint density at radius 3 is 2.39 bits per heavy atom. The molecule has 0 saturated heterocycles. The SMILES string of the molecule is COCc1ccc(C(=O)Nc2ccccc2C(=O)Nc2ccc(Cl)cn2)cc1. The second-order valence-electron chi connectivity index (χ2n) is 5.95. The number of ether oxygens (including phenoxy) is 1. The molecule has 0 unspecified atom stereocenters. The van der Waals surface area contributed by atoms with E-state index in [4.69, 9.17) is 16.3 Å². The number of anilines is 2. The lowest BCUT2D eigenvalue weighted by atomic mass is 10.1. The van der Waals surface area contributed by atoms with Crippen molar-refractivity contribution in [2.45, 2.75) is 6.61 Å². The minimum absolute atomic E-state index is 0.311. The molecule has 2 aromatic carbocycles. The molecule has 0 radical (unpaired) electrons. The average Bonchev–Trinajstić information content (AvgIpc) is 2.71. The molecule has 6 nitrogen and oxygen atoms in total. The van der Waals surface area contributed by atoms with Gasteiger partial charge in [-0.15, -0.1) is 0 Å². The summed E-state index contributed by atoms with van der Waals surface area (Å²) < 4.78 is 5.06. The van der Waals surface area contributed by atoms with Crippen molar-refractivity contribution in [3.05, 3.63) is 88.6 Å². The first-order valence-corrected chi connectivity index (χ1v) is 8.86. The Morgan fingerprint density at radius 1 is 0.964 bits per heavy atom. The quantitative estimate of drug-likeness (QED) is 0.648. The van der Waals surface area contributed by atoms with Crippen molar-refractivity contribution in [3.8, 4) is 0 Å². The summed E-state index contributed by atoms with van der Waals surface area (Å²) in [5.41, 5.74) is 2.17. The smallest absolute Gasteiger partial charge is 0.258 e. The Bertz CT molecular complexity index is 973. The lowest BCUT2D eigenvalue weighted by Gasteiger charge is -2.11. The predicted molar refractivity (Wildman–Crippen MR) is 109 cm³/mol. The fourth-order valence-electron chi connectivity index (χ4n) is 2.54. The summed E-state index contributed by atoms with van der Waals surface area (Å²) >= 11 is 5.80. The van der Waals surface area contributed by atoms with Gasteiger partial charge in [0.2, 0.25) is 0 Å². The summed E-state index contributed by atoms with van der Waals surface area (Å²) in [6, 6.07) is 17.1. The maximum atomic E-state index is 12.6. The largest absolute Gasteiger partial charge is 0.380 e. The van der Waals surface area contributed by atoms with Crippen LogP contribution in [-0.4, -0.2) is 23.9 Å². The average molecular weight is 396 g/mol. The molecule has 0 saturated carbocycles. The molecular formula is C21H18ClN3O3. The van der Waals surface area contributed by atoms with Gasteiger partial charge in [-0.05, 0) is 42.0 Å². The molecule has 1 aromatic heterocycles. The van der Waals surface area contributed by atoms with E-state index in [9.17, 15) is 9.59 Å². The molecule has 28 heavy (non-hydrogen) atoms. The van der Waals surface area contributed by atoms with E-state index in [1.807, 2.05) is 12.1 Å². The highest BCUT2D eigenvalue weighted by Gasteiger charge is 2.14. The molecule has 0 atom stereocenters. The van der Waals surface area contributed by atoms with Crippen molar-refractivity contribution >= 4 is 34.9 Å². The van der Waals surface area contributed by atoms with Crippen LogP contribution in [-0.2, 0) is 11.3 Å². The van der Waals surface area contributed by atoms with Crippen LogP contribution in [0.4, 0.5) is 11.5 Å². The van der Waals surface area contributed by atoms with Crippen LogP contribution in [0.15, 0.2) is 66.9 Å². The van der Waals surface area contributed by atoms with E-state index in [1.165, 1.54) is 6.20 Å². The number of aromatic nitrogens is 1. The highest BCUT2D eigenvalue weighted by atomic mass is 35.5. The van der Waals surface area contributed by atoms with Crippen LogP contribution < -0.4 is 10.6 Å². The number of nitrogens with zero attached hydrogens (tertiary/aromatic N) is 1. The number of amides is 2. The van der Waals surface area contributed by atoms with Gasteiger partial charge in [-0.3, -0.25) is 9.59 Å². The molecule has 2 amide bonds. The number of carbonyl (C=O) groups is 2. The Hall–Kier alpha value is -3.22. The highest BCUT2D eigenvalue weighted by molar-refractivity contribution is 6.30. The number of methoxy groups -OCH3 is 1. The number of pyridine rings is 1. The van der Waals surface area contributed by atoms with E-state index in [1.54, 1.807) is 55.6 Å². The molecule has 2 N–H and O–H groups in total. The Balaban J connectivity index is 1.75. The van der Waals surface area contributed by atoms with Gasteiger partial charge in [-0.2, -0.15) is 0 Å². The molecule has 0 spiro atoms. The molecule has 0 aliphatic heterocycles. The first-order valence-electron chi connectivity index (χ1n) is 8.48. The van der Waals surface area contributed by atoms with Crippen LogP contribution in [0.5, 0.6) is 0 Å². The number of para-hydroxylation sites is 1. The van der Waals surface area contributed by atoms with E-state index in [0.29, 0.717) is 34.3 Å². The van der Waals surface area contributed by atoms with Crippen LogP contribution >= 0.6 is 11.6 Å². The molecular weight excluding hydrogens is 378 g/mol. The van der Waals surface area contributed by atoms with Gasteiger partial charge in [0.1, 0.15) is 5.82 Å². The molecule has 3 rings (SSSR count). The third-order valence-electron chi connectivity index (χ3n) is 3.92. The Kier molecular flexibility index (Phi) is 6.37. The molecule has 7 heteroatoms. The Labute approximate surface area is 167 Å². The van der Waals surface area contributed by atoms with E-state index < -0.39 is 0 Å². The minimum Gasteiger partial charge on any atom is -0.380 e. The van der Waals surface area contributed by atoms with Gasteiger partial charge in [-0.1, -0.05) is 35.9 Å². The molecule has 1 heterocycles. The zero-order valence-electron chi connectivity index (χ0n) is 15.1. The second-order valence-corrected chi connectivity index (χ2v) is 6.38. The molecule has 142 valence electrons. The summed E-state index contributed by atoms with van der Waals surface area (Å²) in [7, 11) is 1.61. The topological polar surface area (TPSA) is 80.3 Å². The maximum Gasteiger partial charge on any atom is 0.258 e. The first-order chi connectivity index (χ1) is 13.6. The zero-order valence-corrected chi connectivity index (χ0v) is 15.9. The van der Waals surface area contributed by atoms with E-state index in [2.05, 4.69) is 15.6 Å². The number of benzene rings is 2. The lowest BCUT2D eigenvalue weighted by molar-refractivity contribution is 0.102. The number of hydrogen-bond acceptors (Lipinski definition) is 4. The number of nitrogens with one attached hydrogen (secondary N) is 2. The van der Waals surface area contributed by atoms with Gasteiger partial charge in [0.15, 0.2) is 0 Å². The summed E-state index contributed by atoms with van der Waals surface area (Å²) in [6.45, 7) is 0.476. The monoisotopic (exact) mass is 395 g/mol. The summed E-state index contributed by atoms with van der Waals surface area (Å²) in [5, 5.41) is 5.94. The summed E-state index contributed by atoms with van der Waals surface area (Å²) in [4.78, 5) is 29.2. The normalized spacial score (nSPS) is 10.4.